The predicted octanol–water partition coefficient (Wildman–Crippen LogP) is 8.12. The highest BCUT2D eigenvalue weighted by Crippen LogP contribution is 3.04. The maximum absolute atomic E-state index is 12.6. The first-order valence-electron chi connectivity index (χ1n) is 19.6. The largest absolute Gasteiger partial charge is 0.151 e. The van der Waals surface area contributed by atoms with Gasteiger partial charge in [-0.25, -0.2) is 0 Å². The van der Waals surface area contributed by atoms with E-state index in [0.29, 0.717) is 17.4 Å². The molecule has 18 rings (SSSR count). The minimum Gasteiger partial charge on any atom is -0.151 e. The molecule has 27 atom stereocenters. The second-order valence-electron chi connectivity index (χ2n) is 21.5. The molecule has 23 unspecified atom stereocenters. The van der Waals surface area contributed by atoms with Crippen LogP contribution in [0.2, 0.25) is 0 Å². The van der Waals surface area contributed by atoms with Crippen molar-refractivity contribution >= 4 is 0 Å². The summed E-state index contributed by atoms with van der Waals surface area (Å²) in [7, 11) is 0. The van der Waals surface area contributed by atoms with E-state index >= 15 is 0 Å². The van der Waals surface area contributed by atoms with Crippen molar-refractivity contribution in [2.75, 3.05) is 6.54 Å². The lowest BCUT2D eigenvalue weighted by atomic mass is 9.27. The van der Waals surface area contributed by atoms with Crippen molar-refractivity contribution in [1.29, 1.82) is 0 Å². The van der Waals surface area contributed by atoms with Crippen molar-refractivity contribution in [3.8, 4) is 0 Å². The maximum Gasteiger partial charge on any atom is 0.0872 e. The summed E-state index contributed by atoms with van der Waals surface area (Å²) in [6, 6.07) is 0. The third kappa shape index (κ3) is 1.57. The molecular formula is C40H53NO. The SMILES string of the molecule is CC1CC2C3C4(C)C5C(C)C6C7C8C9C%10C(C[C@H]7C6[C@H]%108)C9[C@](C)(C6(CN=O)CCCC6)C2C2C4C4C6C(C)C5C1[C@@H]2C643. The fraction of sp³-hybridized carbons (Fsp3) is 1.00. The van der Waals surface area contributed by atoms with Crippen LogP contribution in [0.15, 0.2) is 5.18 Å². The van der Waals surface area contributed by atoms with Gasteiger partial charge in [-0.3, -0.25) is 0 Å². The Hall–Kier alpha value is -0.400. The molecule has 0 heterocycles. The van der Waals surface area contributed by atoms with Gasteiger partial charge in [0, 0.05) is 0 Å². The third-order valence-corrected chi connectivity index (χ3v) is 23.0. The lowest BCUT2D eigenvalue weighted by molar-refractivity contribution is -0.307. The molecule has 0 aromatic rings. The van der Waals surface area contributed by atoms with E-state index in [2.05, 4.69) is 39.8 Å². The number of hydrogen-bond donors (Lipinski definition) is 0. The first-order valence-corrected chi connectivity index (χ1v) is 19.6. The van der Waals surface area contributed by atoms with Gasteiger partial charge >= 0.3 is 0 Å². The van der Waals surface area contributed by atoms with Crippen molar-refractivity contribution in [3.05, 3.63) is 4.91 Å². The Bertz CT molecular complexity index is 1430. The van der Waals surface area contributed by atoms with Gasteiger partial charge in [-0.1, -0.05) is 52.6 Å². The minimum atomic E-state index is 0.220. The van der Waals surface area contributed by atoms with E-state index < -0.39 is 0 Å². The summed E-state index contributed by atoms with van der Waals surface area (Å²) in [6.07, 6.45) is 8.61. The summed E-state index contributed by atoms with van der Waals surface area (Å²) in [4.78, 5) is 12.6. The van der Waals surface area contributed by atoms with Gasteiger partial charge in [0.05, 0.1) is 6.54 Å². The van der Waals surface area contributed by atoms with E-state index in [-0.39, 0.29) is 5.41 Å². The lowest BCUT2D eigenvalue weighted by Crippen LogP contribution is -2.74. The van der Waals surface area contributed by atoms with Crippen molar-refractivity contribution < 1.29 is 0 Å². The molecule has 0 aromatic carbocycles. The Morgan fingerprint density at radius 2 is 1.29 bits per heavy atom. The number of rotatable bonds is 3. The van der Waals surface area contributed by atoms with Crippen LogP contribution in [0.3, 0.4) is 0 Å². The van der Waals surface area contributed by atoms with E-state index in [1.807, 2.05) is 0 Å². The van der Waals surface area contributed by atoms with Gasteiger partial charge in [-0.05, 0) is 189 Å². The van der Waals surface area contributed by atoms with Gasteiger partial charge in [-0.2, -0.15) is 4.91 Å². The van der Waals surface area contributed by atoms with E-state index in [1.165, 1.54) is 25.7 Å². The van der Waals surface area contributed by atoms with Crippen LogP contribution in [0, 0.1) is 169 Å². The molecule has 18 fully saturated rings. The minimum absolute atomic E-state index is 0.220. The molecule has 2 heteroatoms. The normalized spacial score (nSPS) is 82.0. The van der Waals surface area contributed by atoms with E-state index in [0.717, 1.165) is 147 Å². The average Bonchev–Trinajstić information content (AvgIpc) is 3.06. The van der Waals surface area contributed by atoms with Gasteiger partial charge in [0.25, 0.3) is 0 Å². The van der Waals surface area contributed by atoms with Crippen molar-refractivity contribution in [2.45, 2.75) is 73.1 Å². The van der Waals surface area contributed by atoms with E-state index in [4.69, 9.17) is 0 Å². The fourth-order valence-electron chi connectivity index (χ4n) is 24.2. The maximum atomic E-state index is 12.6. The van der Waals surface area contributed by atoms with Crippen LogP contribution in [0.5, 0.6) is 0 Å². The van der Waals surface area contributed by atoms with Gasteiger partial charge in [-0.15, -0.1) is 0 Å². The Balaban J connectivity index is 1.10. The molecular weight excluding hydrogens is 510 g/mol. The highest BCUT2D eigenvalue weighted by atomic mass is 16.3. The predicted molar refractivity (Wildman–Crippen MR) is 160 cm³/mol. The fourth-order valence-corrected chi connectivity index (χ4v) is 24.2. The van der Waals surface area contributed by atoms with Crippen LogP contribution in [0.25, 0.3) is 0 Å². The molecule has 0 N–H and O–H groups in total. The third-order valence-electron chi connectivity index (χ3n) is 23.0. The zero-order valence-corrected chi connectivity index (χ0v) is 26.7. The smallest absolute Gasteiger partial charge is 0.0872 e. The molecule has 0 radical (unpaired) electrons. The van der Waals surface area contributed by atoms with Crippen LogP contribution < -0.4 is 0 Å². The topological polar surface area (TPSA) is 29.4 Å². The molecule has 1 spiro atoms. The Morgan fingerprint density at radius 1 is 0.595 bits per heavy atom. The number of fused-ring (bicyclic) bond motifs is 2. The van der Waals surface area contributed by atoms with Gasteiger partial charge < -0.3 is 0 Å². The molecule has 0 saturated heterocycles. The van der Waals surface area contributed by atoms with Crippen molar-refractivity contribution in [2.24, 2.45) is 169 Å². The molecule has 0 amide bonds. The molecule has 18 saturated carbocycles. The van der Waals surface area contributed by atoms with Crippen LogP contribution in [-0.4, -0.2) is 6.54 Å². The van der Waals surface area contributed by atoms with Crippen LogP contribution in [0.4, 0.5) is 0 Å². The monoisotopic (exact) mass is 563 g/mol. The van der Waals surface area contributed by atoms with Gasteiger partial charge in [0.2, 0.25) is 0 Å². The van der Waals surface area contributed by atoms with E-state index in [1.54, 1.807) is 12.8 Å². The molecule has 2 nitrogen and oxygen atoms in total. The number of hydrogen-bond acceptors (Lipinski definition) is 2. The Kier molecular flexibility index (Phi) is 3.25. The van der Waals surface area contributed by atoms with Gasteiger partial charge in [0.1, 0.15) is 0 Å². The highest BCUT2D eigenvalue weighted by molar-refractivity contribution is 5.47. The van der Waals surface area contributed by atoms with Gasteiger partial charge in [0.15, 0.2) is 0 Å². The summed E-state index contributed by atoms with van der Waals surface area (Å²) in [5.41, 5.74) is 2.00. The average molecular weight is 564 g/mol. The summed E-state index contributed by atoms with van der Waals surface area (Å²) in [5, 5.41) is 3.96. The molecule has 18 aliphatic carbocycles. The summed E-state index contributed by atoms with van der Waals surface area (Å²) in [6.45, 7) is 15.2. The Labute approximate surface area is 253 Å². The molecule has 42 heavy (non-hydrogen) atoms. The highest BCUT2D eigenvalue weighted by Gasteiger charge is 3.01. The molecule has 224 valence electrons. The molecule has 0 aliphatic heterocycles. The number of nitrogens with zero attached hydrogens (tertiary/aromatic N) is 1. The first kappa shape index (κ1) is 23.0. The molecule has 17 bridgehead atoms. The summed E-state index contributed by atoms with van der Waals surface area (Å²) < 4.78 is 0. The number of nitroso groups, excluding NO2 is 1. The molecule has 18 aliphatic rings. The molecule has 0 aromatic heterocycles. The van der Waals surface area contributed by atoms with Crippen LogP contribution >= 0.6 is 0 Å². The second kappa shape index (κ2) is 5.93. The van der Waals surface area contributed by atoms with E-state index in [9.17, 15) is 4.91 Å². The summed E-state index contributed by atoms with van der Waals surface area (Å²) >= 11 is 0. The van der Waals surface area contributed by atoms with Crippen molar-refractivity contribution in [3.63, 3.8) is 0 Å². The summed E-state index contributed by atoms with van der Waals surface area (Å²) in [5.74, 6) is 25.2. The van der Waals surface area contributed by atoms with Crippen LogP contribution in [-0.2, 0) is 0 Å². The standard InChI is InChI=1S/C40H53NO/c1-13-10-18-32-28-33-19(13)21-15(3)30-35-34(28)37(4,36(18)40(30,33)35)29(21)14(2)20-22-16-11-17-24-25(22)26(23(16)20)27(24)31(17)38(32,5)39(12-41-42)8-6-7-9-39/h13-36H,6-12H2,1-5H3/t13?,14?,15?,16-,17?,18?,19?,20?,21?,22?,23?,24?,25+,26?,27?,28?,29?,30?,31?,32?,33-,34?,35?,36?,37?,38-,40?/m0/s1. The second-order valence-corrected chi connectivity index (χ2v) is 21.5. The Morgan fingerprint density at radius 3 is 2.05 bits per heavy atom. The van der Waals surface area contributed by atoms with Crippen molar-refractivity contribution in [1.82, 2.24) is 0 Å². The zero-order valence-electron chi connectivity index (χ0n) is 26.7. The lowest BCUT2D eigenvalue weighted by Gasteiger charge is -2.77. The first-order chi connectivity index (χ1) is 20.3. The zero-order chi connectivity index (χ0) is 27.5. The quantitative estimate of drug-likeness (QED) is 0.319. The van der Waals surface area contributed by atoms with Crippen LogP contribution in [0.1, 0.15) is 73.1 Å².